The van der Waals surface area contributed by atoms with Crippen LogP contribution in [0.5, 0.6) is 0 Å². The van der Waals surface area contributed by atoms with Gasteiger partial charge in [-0.15, -0.1) is 0 Å². The van der Waals surface area contributed by atoms with E-state index in [0.717, 1.165) is 22.9 Å². The number of para-hydroxylation sites is 1. The van der Waals surface area contributed by atoms with Crippen molar-refractivity contribution in [2.75, 3.05) is 5.32 Å². The van der Waals surface area contributed by atoms with E-state index in [1.165, 1.54) is 10.6 Å². The van der Waals surface area contributed by atoms with Crippen LogP contribution in [-0.2, 0) is 6.54 Å². The van der Waals surface area contributed by atoms with E-state index < -0.39 is 0 Å². The fourth-order valence-corrected chi connectivity index (χ4v) is 2.66. The number of hydrogen-bond acceptors (Lipinski definition) is 4. The Morgan fingerprint density at radius 2 is 2.27 bits per heavy atom. The molecule has 1 aliphatic heterocycles. The van der Waals surface area contributed by atoms with Crippen molar-refractivity contribution in [2.24, 2.45) is 0 Å². The zero-order chi connectivity index (χ0) is 10.3. The van der Waals surface area contributed by atoms with E-state index >= 15 is 0 Å². The van der Waals surface area contributed by atoms with Gasteiger partial charge in [0.25, 0.3) is 0 Å². The molecule has 0 saturated heterocycles. The van der Waals surface area contributed by atoms with Gasteiger partial charge in [-0.05, 0) is 19.1 Å². The van der Waals surface area contributed by atoms with E-state index in [2.05, 4.69) is 22.6 Å². The Labute approximate surface area is 91.9 Å². The van der Waals surface area contributed by atoms with Gasteiger partial charge in [0.2, 0.25) is 0 Å². The second-order valence-corrected chi connectivity index (χ2v) is 4.50. The molecule has 2 heterocycles. The molecule has 4 heteroatoms. The minimum absolute atomic E-state index is 0.786. The van der Waals surface area contributed by atoms with Gasteiger partial charge in [-0.25, -0.2) is 0 Å². The molecule has 0 unspecified atom stereocenters. The summed E-state index contributed by atoms with van der Waals surface area (Å²) in [5.74, 6) is 0.901. The van der Waals surface area contributed by atoms with Crippen molar-refractivity contribution < 1.29 is 4.52 Å². The van der Waals surface area contributed by atoms with Crippen LogP contribution in [0, 0.1) is 6.92 Å². The van der Waals surface area contributed by atoms with Crippen LogP contribution in [0.2, 0.25) is 0 Å². The predicted molar refractivity (Wildman–Crippen MR) is 59.1 cm³/mol. The van der Waals surface area contributed by atoms with E-state index in [1.807, 2.05) is 19.1 Å². The lowest BCUT2D eigenvalue weighted by molar-refractivity contribution is 0.383. The van der Waals surface area contributed by atoms with Crippen LogP contribution in [0.4, 0.5) is 5.69 Å². The van der Waals surface area contributed by atoms with Gasteiger partial charge in [0.1, 0.15) is 10.8 Å². The predicted octanol–water partition coefficient (Wildman–Crippen LogP) is 3.06. The Hall–Kier alpha value is -1.42. The number of fused-ring (bicyclic) bond motifs is 2. The largest absolute Gasteiger partial charge is 0.380 e. The molecule has 1 N–H and O–H groups in total. The average molecular weight is 218 g/mol. The molecular weight excluding hydrogens is 208 g/mol. The molecule has 3 nitrogen and oxygen atoms in total. The molecule has 0 bridgehead atoms. The standard InChI is InChI=1S/C11H10N2OS/c1-7-8-6-12-9-4-2-3-5-10(9)15-11(8)13-14-7/h2-5,12H,6H2,1H3. The number of aryl methyl sites for hydroxylation is 1. The minimum Gasteiger partial charge on any atom is -0.380 e. The summed E-state index contributed by atoms with van der Waals surface area (Å²) >= 11 is 1.66. The summed E-state index contributed by atoms with van der Waals surface area (Å²) in [5, 5.41) is 8.43. The van der Waals surface area contributed by atoms with Crippen LogP contribution < -0.4 is 5.32 Å². The first-order chi connectivity index (χ1) is 7.34. The first-order valence-corrected chi connectivity index (χ1v) is 5.62. The zero-order valence-electron chi connectivity index (χ0n) is 8.28. The molecule has 1 aliphatic rings. The monoisotopic (exact) mass is 218 g/mol. The van der Waals surface area contributed by atoms with Crippen molar-refractivity contribution in [3.05, 3.63) is 35.6 Å². The highest BCUT2D eigenvalue weighted by Gasteiger charge is 2.18. The highest BCUT2D eigenvalue weighted by Crippen LogP contribution is 2.38. The topological polar surface area (TPSA) is 38.1 Å². The van der Waals surface area contributed by atoms with E-state index in [9.17, 15) is 0 Å². The summed E-state index contributed by atoms with van der Waals surface area (Å²) in [5.41, 5.74) is 2.33. The Balaban J connectivity index is 2.10. The molecule has 0 atom stereocenters. The summed E-state index contributed by atoms with van der Waals surface area (Å²) in [6.45, 7) is 2.73. The smallest absolute Gasteiger partial charge is 0.149 e. The molecule has 0 radical (unpaired) electrons. The molecular formula is C11H10N2OS. The quantitative estimate of drug-likeness (QED) is 0.737. The number of nitrogens with zero attached hydrogens (tertiary/aromatic N) is 1. The van der Waals surface area contributed by atoms with Crippen molar-refractivity contribution in [3.8, 4) is 0 Å². The molecule has 0 amide bonds. The van der Waals surface area contributed by atoms with Crippen LogP contribution in [-0.4, -0.2) is 5.16 Å². The van der Waals surface area contributed by atoms with E-state index in [4.69, 9.17) is 4.52 Å². The maximum Gasteiger partial charge on any atom is 0.149 e. The van der Waals surface area contributed by atoms with Crippen molar-refractivity contribution >= 4 is 17.4 Å². The molecule has 15 heavy (non-hydrogen) atoms. The lowest BCUT2D eigenvalue weighted by atomic mass is 10.2. The SMILES string of the molecule is Cc1onc2c1CNc1ccccc1S2. The van der Waals surface area contributed by atoms with Gasteiger partial charge in [0.15, 0.2) is 0 Å². The minimum atomic E-state index is 0.786. The molecule has 0 spiro atoms. The van der Waals surface area contributed by atoms with E-state index in [0.29, 0.717) is 0 Å². The number of nitrogens with one attached hydrogen (secondary N) is 1. The van der Waals surface area contributed by atoms with Gasteiger partial charge in [0, 0.05) is 22.7 Å². The van der Waals surface area contributed by atoms with Crippen LogP contribution in [0.25, 0.3) is 0 Å². The molecule has 3 rings (SSSR count). The third kappa shape index (κ3) is 1.41. The number of anilines is 1. The first kappa shape index (κ1) is 8.85. The van der Waals surface area contributed by atoms with Crippen molar-refractivity contribution in [1.82, 2.24) is 5.16 Å². The Bertz CT molecular complexity index is 507. The zero-order valence-corrected chi connectivity index (χ0v) is 9.10. The van der Waals surface area contributed by atoms with E-state index in [-0.39, 0.29) is 0 Å². The van der Waals surface area contributed by atoms with Crippen LogP contribution in [0.1, 0.15) is 11.3 Å². The first-order valence-electron chi connectivity index (χ1n) is 4.80. The fraction of sp³-hybridized carbons (Fsp3) is 0.182. The maximum absolute atomic E-state index is 5.18. The molecule has 0 fully saturated rings. The molecule has 1 aromatic heterocycles. The molecule has 76 valence electrons. The fourth-order valence-electron chi connectivity index (χ4n) is 1.64. The van der Waals surface area contributed by atoms with Crippen LogP contribution in [0.15, 0.2) is 38.7 Å². The van der Waals surface area contributed by atoms with Gasteiger partial charge in [-0.2, -0.15) is 0 Å². The van der Waals surface area contributed by atoms with Crippen molar-refractivity contribution in [2.45, 2.75) is 23.4 Å². The number of rotatable bonds is 0. The van der Waals surface area contributed by atoms with Gasteiger partial charge in [0.05, 0.1) is 0 Å². The molecule has 0 aliphatic carbocycles. The molecule has 0 saturated carbocycles. The number of benzene rings is 1. The van der Waals surface area contributed by atoms with Gasteiger partial charge in [-0.1, -0.05) is 29.1 Å². The molecule has 2 aromatic rings. The number of hydrogen-bond donors (Lipinski definition) is 1. The highest BCUT2D eigenvalue weighted by molar-refractivity contribution is 7.99. The van der Waals surface area contributed by atoms with Crippen LogP contribution in [0.3, 0.4) is 0 Å². The summed E-state index contributed by atoms with van der Waals surface area (Å²) < 4.78 is 5.18. The van der Waals surface area contributed by atoms with Crippen LogP contribution >= 0.6 is 11.8 Å². The third-order valence-corrected chi connectivity index (χ3v) is 3.59. The normalized spacial score (nSPS) is 13.7. The maximum atomic E-state index is 5.18. The number of aromatic nitrogens is 1. The van der Waals surface area contributed by atoms with E-state index in [1.54, 1.807) is 11.8 Å². The van der Waals surface area contributed by atoms with Gasteiger partial charge < -0.3 is 9.84 Å². The van der Waals surface area contributed by atoms with Crippen molar-refractivity contribution in [3.63, 3.8) is 0 Å². The summed E-state index contributed by atoms with van der Waals surface area (Å²) in [7, 11) is 0. The Morgan fingerprint density at radius 3 is 3.20 bits per heavy atom. The van der Waals surface area contributed by atoms with Gasteiger partial charge >= 0.3 is 0 Å². The third-order valence-electron chi connectivity index (χ3n) is 2.50. The highest BCUT2D eigenvalue weighted by atomic mass is 32.2. The lowest BCUT2D eigenvalue weighted by Gasteiger charge is -2.05. The summed E-state index contributed by atoms with van der Waals surface area (Å²) in [4.78, 5) is 1.20. The lowest BCUT2D eigenvalue weighted by Crippen LogP contribution is -1.98. The average Bonchev–Trinajstić information content (AvgIpc) is 2.51. The summed E-state index contributed by atoms with van der Waals surface area (Å²) in [6, 6.07) is 8.24. The van der Waals surface area contributed by atoms with Crippen molar-refractivity contribution in [1.29, 1.82) is 0 Å². The Kier molecular flexibility index (Phi) is 1.95. The molecule has 1 aromatic carbocycles. The second kappa shape index (κ2) is 3.31. The summed E-state index contributed by atoms with van der Waals surface area (Å²) in [6.07, 6.45) is 0. The second-order valence-electron chi connectivity index (χ2n) is 3.47. The Morgan fingerprint density at radius 1 is 1.40 bits per heavy atom. The van der Waals surface area contributed by atoms with Gasteiger partial charge in [-0.3, -0.25) is 0 Å².